The first-order valence-corrected chi connectivity index (χ1v) is 9.57. The van der Waals surface area contributed by atoms with Crippen molar-refractivity contribution in [2.75, 3.05) is 52.2 Å². The number of furan rings is 1. The van der Waals surface area contributed by atoms with Gasteiger partial charge in [-0.3, -0.25) is 4.79 Å². The van der Waals surface area contributed by atoms with E-state index in [0.29, 0.717) is 12.5 Å². The molecule has 0 spiro atoms. The van der Waals surface area contributed by atoms with Gasteiger partial charge in [-0.15, -0.1) is 24.0 Å². The minimum absolute atomic E-state index is 0. The molecule has 0 aliphatic carbocycles. The number of carbonyl (C=O) groups excluding carboxylic acids is 1. The van der Waals surface area contributed by atoms with Crippen LogP contribution in [0, 0.1) is 0 Å². The average Bonchev–Trinajstić information content (AvgIpc) is 3.22. The third-order valence-corrected chi connectivity index (χ3v) is 4.27. The molecule has 2 N–H and O–H groups in total. The van der Waals surface area contributed by atoms with E-state index in [4.69, 9.17) is 4.42 Å². The molecule has 0 aliphatic heterocycles. The molecule has 0 saturated heterocycles. The number of hydrogen-bond donors (Lipinski definition) is 2. The number of carbonyl (C=O) groups is 1. The molecular weight excluding hydrogens is 481 g/mol. The van der Waals surface area contributed by atoms with Crippen molar-refractivity contribution >= 4 is 41.5 Å². The maximum Gasteiger partial charge on any atom is 0.243 e. The molecule has 7 nitrogen and oxygen atoms in total. The molecule has 0 aliphatic rings. The Morgan fingerprint density at radius 2 is 1.76 bits per heavy atom. The number of anilines is 1. The van der Waals surface area contributed by atoms with Gasteiger partial charge in [0.1, 0.15) is 12.3 Å². The zero-order chi connectivity index (χ0) is 20.2. The predicted molar refractivity (Wildman–Crippen MR) is 129 cm³/mol. The fourth-order valence-electron chi connectivity index (χ4n) is 2.56. The van der Waals surface area contributed by atoms with Crippen molar-refractivity contribution in [3.8, 4) is 0 Å². The van der Waals surface area contributed by atoms with E-state index in [-0.39, 0.29) is 36.4 Å². The van der Waals surface area contributed by atoms with Crippen molar-refractivity contribution in [3.63, 3.8) is 0 Å². The summed E-state index contributed by atoms with van der Waals surface area (Å²) < 4.78 is 5.35. The molecule has 0 atom stereocenters. The van der Waals surface area contributed by atoms with Gasteiger partial charge >= 0.3 is 0 Å². The zero-order valence-electron chi connectivity index (χ0n) is 17.4. The second kappa shape index (κ2) is 13.9. The van der Waals surface area contributed by atoms with E-state index in [9.17, 15) is 4.79 Å². The number of amides is 1. The molecule has 0 radical (unpaired) electrons. The van der Waals surface area contributed by atoms with Crippen LogP contribution in [0.2, 0.25) is 0 Å². The molecule has 8 heteroatoms. The summed E-state index contributed by atoms with van der Waals surface area (Å²) in [6.07, 6.45) is 3.37. The van der Waals surface area contributed by atoms with Crippen molar-refractivity contribution < 1.29 is 9.21 Å². The summed E-state index contributed by atoms with van der Waals surface area (Å²) >= 11 is 0. The van der Waals surface area contributed by atoms with Crippen molar-refractivity contribution in [1.82, 2.24) is 15.5 Å². The number of aliphatic imine (C=N–C) groups is 1. The lowest BCUT2D eigenvalue weighted by atomic mass is 10.3. The van der Waals surface area contributed by atoms with Crippen LogP contribution in [-0.4, -0.2) is 64.1 Å². The highest BCUT2D eigenvalue weighted by Gasteiger charge is 2.05. The lowest BCUT2D eigenvalue weighted by Gasteiger charge is -2.20. The van der Waals surface area contributed by atoms with Crippen LogP contribution in [-0.2, 0) is 11.2 Å². The quantitative estimate of drug-likeness (QED) is 0.221. The van der Waals surface area contributed by atoms with Crippen LogP contribution in [0.25, 0.3) is 0 Å². The zero-order valence-corrected chi connectivity index (χ0v) is 19.8. The van der Waals surface area contributed by atoms with Gasteiger partial charge in [-0.1, -0.05) is 18.2 Å². The predicted octanol–water partition coefficient (Wildman–Crippen LogP) is 2.59. The first-order valence-electron chi connectivity index (χ1n) is 9.57. The summed E-state index contributed by atoms with van der Waals surface area (Å²) in [5, 5.41) is 6.58. The smallest absolute Gasteiger partial charge is 0.243 e. The van der Waals surface area contributed by atoms with Crippen molar-refractivity contribution in [2.45, 2.75) is 12.8 Å². The number of benzene rings is 1. The molecule has 2 aromatic rings. The maximum atomic E-state index is 11.8. The number of rotatable bonds is 10. The average molecular weight is 513 g/mol. The van der Waals surface area contributed by atoms with Gasteiger partial charge in [0.15, 0.2) is 5.96 Å². The molecule has 160 valence electrons. The number of para-hydroxylation sites is 1. The van der Waals surface area contributed by atoms with Crippen LogP contribution >= 0.6 is 24.0 Å². The second-order valence-electron chi connectivity index (χ2n) is 6.75. The number of halogens is 1. The van der Waals surface area contributed by atoms with E-state index in [0.717, 1.165) is 31.7 Å². The van der Waals surface area contributed by atoms with Gasteiger partial charge in [0.05, 0.1) is 6.26 Å². The Kier molecular flexibility index (Phi) is 11.9. The summed E-state index contributed by atoms with van der Waals surface area (Å²) in [5.41, 5.74) is 1.20. The summed E-state index contributed by atoms with van der Waals surface area (Å²) in [5.74, 6) is 1.53. The van der Waals surface area contributed by atoms with Crippen LogP contribution < -0.4 is 15.5 Å². The second-order valence-corrected chi connectivity index (χ2v) is 6.75. The van der Waals surface area contributed by atoms with E-state index in [1.807, 2.05) is 30.3 Å². The Morgan fingerprint density at radius 3 is 2.41 bits per heavy atom. The monoisotopic (exact) mass is 513 g/mol. The highest BCUT2D eigenvalue weighted by Crippen LogP contribution is 2.10. The van der Waals surface area contributed by atoms with Gasteiger partial charge in [0.25, 0.3) is 0 Å². The third kappa shape index (κ3) is 9.69. The minimum Gasteiger partial charge on any atom is -0.469 e. The van der Waals surface area contributed by atoms with E-state index in [2.05, 4.69) is 39.7 Å². The summed E-state index contributed by atoms with van der Waals surface area (Å²) in [7, 11) is 5.55. The van der Waals surface area contributed by atoms with Crippen LogP contribution in [0.4, 0.5) is 5.69 Å². The largest absolute Gasteiger partial charge is 0.469 e. The third-order valence-electron chi connectivity index (χ3n) is 4.27. The summed E-state index contributed by atoms with van der Waals surface area (Å²) in [6, 6.07) is 14.1. The van der Waals surface area contributed by atoms with Gasteiger partial charge in [0, 0.05) is 52.9 Å². The highest BCUT2D eigenvalue weighted by molar-refractivity contribution is 14.0. The SMILES string of the molecule is CN(C)C(=O)CN=C(NCCCN(C)c1ccccc1)NCCc1ccco1.I. The molecule has 0 fully saturated rings. The highest BCUT2D eigenvalue weighted by atomic mass is 127. The van der Waals surface area contributed by atoms with Crippen LogP contribution in [0.15, 0.2) is 58.1 Å². The topological polar surface area (TPSA) is 73.1 Å². The first kappa shape index (κ1) is 24.8. The van der Waals surface area contributed by atoms with E-state index in [1.54, 1.807) is 25.3 Å². The van der Waals surface area contributed by atoms with Gasteiger partial charge < -0.3 is 24.9 Å². The molecule has 1 aromatic carbocycles. The molecule has 1 amide bonds. The van der Waals surface area contributed by atoms with Crippen molar-refractivity contribution in [3.05, 3.63) is 54.5 Å². The van der Waals surface area contributed by atoms with Crippen molar-refractivity contribution in [1.29, 1.82) is 0 Å². The number of likely N-dealkylation sites (N-methyl/N-ethyl adjacent to an activating group) is 1. The van der Waals surface area contributed by atoms with Crippen LogP contribution in [0.1, 0.15) is 12.2 Å². The summed E-state index contributed by atoms with van der Waals surface area (Å²) in [4.78, 5) is 20.0. The van der Waals surface area contributed by atoms with Gasteiger partial charge in [-0.2, -0.15) is 0 Å². The normalized spacial score (nSPS) is 10.8. The maximum absolute atomic E-state index is 11.8. The summed E-state index contributed by atoms with van der Waals surface area (Å²) in [6.45, 7) is 2.49. The fraction of sp³-hybridized carbons (Fsp3) is 0.429. The molecule has 1 aromatic heterocycles. The standard InChI is InChI=1S/C21H31N5O2.HI/c1-25(2)20(27)17-24-21(23-14-12-19-11-7-16-28-19)22-13-8-15-26(3)18-9-5-4-6-10-18;/h4-7,9-11,16H,8,12-15,17H2,1-3H3,(H2,22,23,24);1H. The van der Waals surface area contributed by atoms with E-state index in [1.165, 1.54) is 5.69 Å². The van der Waals surface area contributed by atoms with E-state index >= 15 is 0 Å². The fourth-order valence-corrected chi connectivity index (χ4v) is 2.56. The Balaban J connectivity index is 0.00000420. The molecular formula is C21H32IN5O2. The number of nitrogens with one attached hydrogen (secondary N) is 2. The number of hydrogen-bond acceptors (Lipinski definition) is 4. The Bertz CT molecular complexity index is 720. The first-order chi connectivity index (χ1) is 13.6. The van der Waals surface area contributed by atoms with Gasteiger partial charge in [-0.05, 0) is 30.7 Å². The number of nitrogens with zero attached hydrogens (tertiary/aromatic N) is 3. The minimum atomic E-state index is -0.0315. The Labute approximate surface area is 190 Å². The lowest BCUT2D eigenvalue weighted by molar-refractivity contribution is -0.127. The van der Waals surface area contributed by atoms with Crippen molar-refractivity contribution in [2.24, 2.45) is 4.99 Å². The lowest BCUT2D eigenvalue weighted by Crippen LogP contribution is -2.40. The molecule has 1 heterocycles. The molecule has 2 rings (SSSR count). The molecule has 29 heavy (non-hydrogen) atoms. The number of guanidine groups is 1. The molecule has 0 bridgehead atoms. The Hall–Kier alpha value is -2.23. The Morgan fingerprint density at radius 1 is 1.03 bits per heavy atom. The van der Waals surface area contributed by atoms with Gasteiger partial charge in [-0.25, -0.2) is 4.99 Å². The van der Waals surface area contributed by atoms with Crippen LogP contribution in [0.3, 0.4) is 0 Å². The van der Waals surface area contributed by atoms with Gasteiger partial charge in [0.2, 0.25) is 5.91 Å². The molecule has 0 unspecified atom stereocenters. The van der Waals surface area contributed by atoms with E-state index < -0.39 is 0 Å². The molecule has 0 saturated carbocycles. The van der Waals surface area contributed by atoms with Crippen LogP contribution in [0.5, 0.6) is 0 Å².